The monoisotopic (exact) mass is 198 g/mol. The van der Waals surface area contributed by atoms with Crippen LogP contribution >= 0.6 is 0 Å². The van der Waals surface area contributed by atoms with Crippen molar-refractivity contribution in [2.45, 2.75) is 52.6 Å². The van der Waals surface area contributed by atoms with Crippen molar-refractivity contribution < 1.29 is 9.90 Å². The van der Waals surface area contributed by atoms with Crippen LogP contribution in [-0.4, -0.2) is 17.5 Å². The van der Waals surface area contributed by atoms with Gasteiger partial charge in [0, 0.05) is 6.42 Å². The van der Waals surface area contributed by atoms with Crippen LogP contribution in [0.4, 0.5) is 0 Å². The predicted octanol–water partition coefficient (Wildman–Crippen LogP) is 2.71. The lowest BCUT2D eigenvalue weighted by Crippen LogP contribution is -2.07. The molecule has 0 aliphatic carbocycles. The number of hydrogen-bond acceptors (Lipinski definition) is 2. The lowest BCUT2D eigenvalue weighted by molar-refractivity contribution is -0.114. The van der Waals surface area contributed by atoms with Crippen molar-refractivity contribution in [3.8, 4) is 0 Å². The van der Waals surface area contributed by atoms with Gasteiger partial charge in [0.05, 0.1) is 0 Å². The number of hydrogen-bond donors (Lipinski definition) is 1. The fourth-order valence-corrected chi connectivity index (χ4v) is 1.28. The summed E-state index contributed by atoms with van der Waals surface area (Å²) < 4.78 is 0. The zero-order chi connectivity index (χ0) is 11.0. The van der Waals surface area contributed by atoms with Crippen LogP contribution < -0.4 is 0 Å². The number of aldehydes is 1. The fraction of sp³-hybridized carbons (Fsp3) is 0.750. The van der Waals surface area contributed by atoms with Gasteiger partial charge >= 0.3 is 0 Å². The van der Waals surface area contributed by atoms with Crippen molar-refractivity contribution in [3.63, 3.8) is 0 Å². The third-order valence-electron chi connectivity index (χ3n) is 2.54. The summed E-state index contributed by atoms with van der Waals surface area (Å²) in [5, 5.41) is 9.07. The van der Waals surface area contributed by atoms with Crippen LogP contribution in [0.1, 0.15) is 46.5 Å². The Balaban J connectivity index is 3.71. The van der Waals surface area contributed by atoms with E-state index in [9.17, 15) is 4.79 Å². The number of carbonyl (C=O) groups is 1. The average molecular weight is 198 g/mol. The van der Waals surface area contributed by atoms with Gasteiger partial charge in [0.15, 0.2) is 0 Å². The fourth-order valence-electron chi connectivity index (χ4n) is 1.28. The number of rotatable bonds is 7. The second-order valence-electron chi connectivity index (χ2n) is 4.05. The first-order chi connectivity index (χ1) is 6.60. The molecule has 0 aliphatic heterocycles. The molecule has 0 aliphatic rings. The van der Waals surface area contributed by atoms with E-state index in [2.05, 4.69) is 19.9 Å². The van der Waals surface area contributed by atoms with Crippen molar-refractivity contribution >= 4 is 6.29 Å². The molecule has 2 nitrogen and oxygen atoms in total. The van der Waals surface area contributed by atoms with Crippen molar-refractivity contribution in [1.29, 1.82) is 0 Å². The average Bonchev–Trinajstić information content (AvgIpc) is 2.17. The van der Waals surface area contributed by atoms with Crippen LogP contribution in [0.3, 0.4) is 0 Å². The number of aliphatic hydroxyl groups is 1. The van der Waals surface area contributed by atoms with E-state index < -0.39 is 6.10 Å². The van der Waals surface area contributed by atoms with Crippen molar-refractivity contribution in [2.24, 2.45) is 5.92 Å². The molecule has 0 aromatic heterocycles. The molecule has 0 heterocycles. The summed E-state index contributed by atoms with van der Waals surface area (Å²) in [4.78, 5) is 10.2. The van der Waals surface area contributed by atoms with E-state index in [4.69, 9.17) is 5.11 Å². The van der Waals surface area contributed by atoms with Gasteiger partial charge in [-0.2, -0.15) is 0 Å². The first-order valence-corrected chi connectivity index (χ1v) is 5.39. The molecule has 0 aromatic carbocycles. The van der Waals surface area contributed by atoms with E-state index in [0.717, 1.165) is 17.9 Å². The largest absolute Gasteiger partial charge is 0.385 e. The zero-order valence-electron chi connectivity index (χ0n) is 9.49. The maximum absolute atomic E-state index is 10.2. The second-order valence-corrected chi connectivity index (χ2v) is 4.05. The first-order valence-electron chi connectivity index (χ1n) is 5.39. The summed E-state index contributed by atoms with van der Waals surface area (Å²) in [5.41, 5.74) is 1.10. The van der Waals surface area contributed by atoms with E-state index in [1.54, 1.807) is 0 Å². The molecule has 0 amide bonds. The number of allylic oxidation sites excluding steroid dienone is 1. The quantitative estimate of drug-likeness (QED) is 0.504. The molecule has 0 radical (unpaired) electrons. The minimum Gasteiger partial charge on any atom is -0.385 e. The highest BCUT2D eigenvalue weighted by atomic mass is 16.3. The third kappa shape index (κ3) is 6.84. The van der Waals surface area contributed by atoms with Gasteiger partial charge in [-0.25, -0.2) is 0 Å². The molecule has 0 bridgehead atoms. The number of carbonyl (C=O) groups excluding carboxylic acids is 1. The molecule has 2 unspecified atom stereocenters. The first kappa shape index (κ1) is 13.4. The minimum atomic E-state index is -0.824. The molecule has 0 saturated heterocycles. The highest BCUT2D eigenvalue weighted by molar-refractivity contribution is 5.56. The molecule has 0 aromatic rings. The Morgan fingerprint density at radius 1 is 1.50 bits per heavy atom. The Morgan fingerprint density at radius 2 is 2.14 bits per heavy atom. The molecule has 2 atom stereocenters. The van der Waals surface area contributed by atoms with Gasteiger partial charge in [-0.3, -0.25) is 0 Å². The van der Waals surface area contributed by atoms with Gasteiger partial charge in [0.1, 0.15) is 12.4 Å². The Hall–Kier alpha value is -0.630. The summed E-state index contributed by atoms with van der Waals surface area (Å²) in [7, 11) is 0. The van der Waals surface area contributed by atoms with Gasteiger partial charge in [-0.15, -0.1) is 0 Å². The number of aliphatic hydroxyl groups excluding tert-OH is 1. The predicted molar refractivity (Wildman–Crippen MR) is 59.1 cm³/mol. The smallest absolute Gasteiger partial charge is 0.148 e. The SMILES string of the molecule is CCC(C)CC/C=C(\C)CC(O)C=O. The molecule has 0 rings (SSSR count). The Labute approximate surface area is 87.0 Å². The Morgan fingerprint density at radius 3 is 2.64 bits per heavy atom. The van der Waals surface area contributed by atoms with Gasteiger partial charge in [-0.1, -0.05) is 31.9 Å². The standard InChI is InChI=1S/C12H22O2/c1-4-10(2)6-5-7-11(3)8-12(14)9-13/h7,9-10,12,14H,4-6,8H2,1-3H3/b11-7+. The molecule has 0 saturated carbocycles. The maximum atomic E-state index is 10.2. The molecule has 0 fully saturated rings. The summed E-state index contributed by atoms with van der Waals surface area (Å²) in [6.07, 6.45) is 5.81. The normalized spacial score (nSPS) is 16.4. The van der Waals surface area contributed by atoms with Crippen molar-refractivity contribution in [1.82, 2.24) is 0 Å². The van der Waals surface area contributed by atoms with E-state index >= 15 is 0 Å². The van der Waals surface area contributed by atoms with Crippen LogP contribution in [0.25, 0.3) is 0 Å². The molecule has 82 valence electrons. The summed E-state index contributed by atoms with van der Waals surface area (Å²) in [6.45, 7) is 6.39. The highest BCUT2D eigenvalue weighted by Gasteiger charge is 2.02. The zero-order valence-corrected chi connectivity index (χ0v) is 9.49. The lowest BCUT2D eigenvalue weighted by atomic mass is 10.0. The van der Waals surface area contributed by atoms with Crippen LogP contribution in [0.5, 0.6) is 0 Å². The van der Waals surface area contributed by atoms with Crippen molar-refractivity contribution in [3.05, 3.63) is 11.6 Å². The van der Waals surface area contributed by atoms with Crippen LogP contribution in [0.15, 0.2) is 11.6 Å². The van der Waals surface area contributed by atoms with Crippen LogP contribution in [0.2, 0.25) is 0 Å². The van der Waals surface area contributed by atoms with Gasteiger partial charge < -0.3 is 9.90 Å². The van der Waals surface area contributed by atoms with E-state index in [0.29, 0.717) is 12.7 Å². The molecule has 2 heteroatoms. The summed E-state index contributed by atoms with van der Waals surface area (Å²) >= 11 is 0. The van der Waals surface area contributed by atoms with Crippen molar-refractivity contribution in [2.75, 3.05) is 0 Å². The Bertz CT molecular complexity index is 185. The van der Waals surface area contributed by atoms with E-state index in [1.807, 2.05) is 6.92 Å². The van der Waals surface area contributed by atoms with E-state index in [1.165, 1.54) is 12.8 Å². The van der Waals surface area contributed by atoms with Gasteiger partial charge in [0.25, 0.3) is 0 Å². The summed E-state index contributed by atoms with van der Waals surface area (Å²) in [6, 6.07) is 0. The maximum Gasteiger partial charge on any atom is 0.148 e. The van der Waals surface area contributed by atoms with Gasteiger partial charge in [-0.05, 0) is 25.7 Å². The van der Waals surface area contributed by atoms with E-state index in [-0.39, 0.29) is 0 Å². The summed E-state index contributed by atoms with van der Waals surface area (Å²) in [5.74, 6) is 0.759. The van der Waals surface area contributed by atoms with Crippen LogP contribution in [0, 0.1) is 5.92 Å². The minimum absolute atomic E-state index is 0.476. The second kappa shape index (κ2) is 7.74. The lowest BCUT2D eigenvalue weighted by Gasteiger charge is -2.06. The molecule has 0 spiro atoms. The topological polar surface area (TPSA) is 37.3 Å². The molecule has 1 N–H and O–H groups in total. The molecule has 14 heavy (non-hydrogen) atoms. The molecular formula is C12H22O2. The van der Waals surface area contributed by atoms with Crippen LogP contribution in [-0.2, 0) is 4.79 Å². The molecular weight excluding hydrogens is 176 g/mol. The highest BCUT2D eigenvalue weighted by Crippen LogP contribution is 2.12. The Kier molecular flexibility index (Phi) is 7.40. The van der Waals surface area contributed by atoms with Gasteiger partial charge in [0.2, 0.25) is 0 Å². The third-order valence-corrected chi connectivity index (χ3v) is 2.54.